The van der Waals surface area contributed by atoms with Gasteiger partial charge in [0.1, 0.15) is 5.69 Å². The highest BCUT2D eigenvalue weighted by Crippen LogP contribution is 2.25. The van der Waals surface area contributed by atoms with Crippen LogP contribution in [-0.2, 0) is 16.1 Å². The van der Waals surface area contributed by atoms with E-state index in [1.165, 1.54) is 12.1 Å². The van der Waals surface area contributed by atoms with Gasteiger partial charge in [-0.15, -0.1) is 0 Å². The molecule has 1 amide bonds. The zero-order valence-corrected chi connectivity index (χ0v) is 16.0. The van der Waals surface area contributed by atoms with Crippen molar-refractivity contribution >= 4 is 23.3 Å². The molecule has 0 bridgehead atoms. The predicted molar refractivity (Wildman–Crippen MR) is 105 cm³/mol. The average molecular weight is 385 g/mol. The van der Waals surface area contributed by atoms with E-state index in [4.69, 9.17) is 4.74 Å². The number of ether oxygens (including phenoxy) is 1. The van der Waals surface area contributed by atoms with Gasteiger partial charge in [0.05, 0.1) is 10.5 Å². The number of esters is 1. The van der Waals surface area contributed by atoms with Crippen LogP contribution in [0.15, 0.2) is 48.5 Å². The van der Waals surface area contributed by atoms with Crippen LogP contribution >= 0.6 is 0 Å². The summed E-state index contributed by atoms with van der Waals surface area (Å²) in [7, 11) is 1.55. The maximum absolute atomic E-state index is 12.5. The Balaban J connectivity index is 2.05. The molecule has 0 spiro atoms. The molecule has 0 aliphatic rings. The Labute approximate surface area is 163 Å². The Morgan fingerprint density at radius 1 is 1.18 bits per heavy atom. The molecule has 8 heteroatoms. The predicted octanol–water partition coefficient (Wildman–Crippen LogP) is 3.23. The Hall–Kier alpha value is -3.42. The van der Waals surface area contributed by atoms with Crippen LogP contribution in [0.5, 0.6) is 0 Å². The maximum atomic E-state index is 12.5. The quantitative estimate of drug-likeness (QED) is 0.425. The molecule has 2 aromatic carbocycles. The fraction of sp³-hybridized carbons (Fsp3) is 0.300. The van der Waals surface area contributed by atoms with E-state index < -0.39 is 17.5 Å². The molecule has 0 aromatic heterocycles. The zero-order chi connectivity index (χ0) is 20.7. The van der Waals surface area contributed by atoms with Crippen molar-refractivity contribution in [1.29, 1.82) is 0 Å². The summed E-state index contributed by atoms with van der Waals surface area (Å²) in [6, 6.07) is 13.4. The third kappa shape index (κ3) is 5.29. The first-order valence-corrected chi connectivity index (χ1v) is 8.80. The summed E-state index contributed by atoms with van der Waals surface area (Å²) in [5.41, 5.74) is 1.02. The van der Waals surface area contributed by atoms with Crippen LogP contribution < -0.4 is 5.32 Å². The van der Waals surface area contributed by atoms with Gasteiger partial charge in [0.2, 0.25) is 0 Å². The van der Waals surface area contributed by atoms with E-state index in [1.807, 2.05) is 44.2 Å². The molecule has 0 fully saturated rings. The number of hydrogen-bond acceptors (Lipinski definition) is 6. The molecule has 0 saturated heterocycles. The van der Waals surface area contributed by atoms with Crippen molar-refractivity contribution in [1.82, 2.24) is 4.90 Å². The van der Waals surface area contributed by atoms with Crippen LogP contribution in [0.1, 0.15) is 29.8 Å². The highest BCUT2D eigenvalue weighted by Gasteiger charge is 2.21. The van der Waals surface area contributed by atoms with Gasteiger partial charge in [0, 0.05) is 25.7 Å². The number of nitrogens with one attached hydrogen (secondary N) is 1. The lowest BCUT2D eigenvalue weighted by atomic mass is 10.1. The lowest BCUT2D eigenvalue weighted by Gasteiger charge is -2.26. The summed E-state index contributed by atoms with van der Waals surface area (Å²) in [5.74, 6) is -1.13. The number of carbonyl (C=O) groups excluding carboxylic acids is 2. The van der Waals surface area contributed by atoms with Crippen LogP contribution in [0.25, 0.3) is 0 Å². The largest absolute Gasteiger partial charge is 0.452 e. The van der Waals surface area contributed by atoms with Gasteiger partial charge in [-0.1, -0.05) is 30.3 Å². The van der Waals surface area contributed by atoms with E-state index in [0.717, 1.165) is 11.6 Å². The minimum atomic E-state index is -0.789. The second kappa shape index (κ2) is 9.50. The first kappa shape index (κ1) is 20.9. The maximum Gasteiger partial charge on any atom is 0.338 e. The number of benzene rings is 2. The second-order valence-corrected chi connectivity index (χ2v) is 6.42. The molecule has 8 nitrogen and oxygen atoms in total. The van der Waals surface area contributed by atoms with Gasteiger partial charge >= 0.3 is 5.97 Å². The molecule has 0 radical (unpaired) electrons. The second-order valence-electron chi connectivity index (χ2n) is 6.42. The number of rotatable bonds is 8. The van der Waals surface area contributed by atoms with E-state index >= 15 is 0 Å². The fourth-order valence-electron chi connectivity index (χ4n) is 2.65. The van der Waals surface area contributed by atoms with Crippen LogP contribution in [0.2, 0.25) is 0 Å². The molecule has 0 saturated carbocycles. The first-order chi connectivity index (χ1) is 13.3. The summed E-state index contributed by atoms with van der Waals surface area (Å²) < 4.78 is 5.09. The summed E-state index contributed by atoms with van der Waals surface area (Å²) in [6.07, 6.45) is 0. The molecule has 0 heterocycles. The van der Waals surface area contributed by atoms with E-state index in [1.54, 1.807) is 11.9 Å². The number of hydrogen-bond donors (Lipinski definition) is 1. The van der Waals surface area contributed by atoms with Crippen molar-refractivity contribution in [3.8, 4) is 0 Å². The summed E-state index contributed by atoms with van der Waals surface area (Å²) in [4.78, 5) is 36.9. The van der Waals surface area contributed by atoms with Crippen LogP contribution in [-0.4, -0.2) is 41.4 Å². The minimum Gasteiger partial charge on any atom is -0.452 e. The molecule has 0 aliphatic carbocycles. The molecule has 148 valence electrons. The Kier molecular flexibility index (Phi) is 7.08. The lowest BCUT2D eigenvalue weighted by Crippen LogP contribution is -2.39. The Morgan fingerprint density at radius 2 is 1.86 bits per heavy atom. The summed E-state index contributed by atoms with van der Waals surface area (Å²) in [6.45, 7) is 3.72. The van der Waals surface area contributed by atoms with Gasteiger partial charge in [-0.05, 0) is 31.5 Å². The minimum absolute atomic E-state index is 0.0117. The number of anilines is 1. The Bertz CT molecular complexity index is 852. The topological polar surface area (TPSA) is 102 Å². The highest BCUT2D eigenvalue weighted by atomic mass is 16.6. The van der Waals surface area contributed by atoms with Gasteiger partial charge < -0.3 is 15.0 Å². The molecule has 0 atom stereocenters. The average Bonchev–Trinajstić information content (AvgIpc) is 2.69. The van der Waals surface area contributed by atoms with Crippen molar-refractivity contribution in [2.45, 2.75) is 26.4 Å². The SMILES string of the molecule is CNc1ccc(C(=O)OCC(=O)N(Cc2ccccc2)C(C)C)cc1[N+](=O)[O-]. The molecule has 2 aromatic rings. The van der Waals surface area contributed by atoms with Crippen LogP contribution in [0.4, 0.5) is 11.4 Å². The van der Waals surface area contributed by atoms with Gasteiger partial charge in [0.25, 0.3) is 11.6 Å². The fourth-order valence-corrected chi connectivity index (χ4v) is 2.65. The number of nitro groups is 1. The number of amides is 1. The highest BCUT2D eigenvalue weighted by molar-refractivity contribution is 5.93. The van der Waals surface area contributed by atoms with Gasteiger partial charge in [-0.2, -0.15) is 0 Å². The zero-order valence-electron chi connectivity index (χ0n) is 16.0. The molecule has 2 rings (SSSR count). The van der Waals surface area contributed by atoms with E-state index in [0.29, 0.717) is 6.54 Å². The molecule has 28 heavy (non-hydrogen) atoms. The van der Waals surface area contributed by atoms with Crippen molar-refractivity contribution in [3.05, 3.63) is 69.8 Å². The van der Waals surface area contributed by atoms with Crippen LogP contribution in [0.3, 0.4) is 0 Å². The van der Waals surface area contributed by atoms with E-state index in [2.05, 4.69) is 5.32 Å². The van der Waals surface area contributed by atoms with Crippen molar-refractivity contribution < 1.29 is 19.2 Å². The number of nitro benzene ring substituents is 1. The third-order valence-corrected chi connectivity index (χ3v) is 4.17. The smallest absolute Gasteiger partial charge is 0.338 e. The van der Waals surface area contributed by atoms with Gasteiger partial charge in [0.15, 0.2) is 6.61 Å². The summed E-state index contributed by atoms with van der Waals surface area (Å²) >= 11 is 0. The van der Waals surface area contributed by atoms with Crippen molar-refractivity contribution in [2.24, 2.45) is 0 Å². The molecular formula is C20H23N3O5. The molecule has 0 aliphatic heterocycles. The first-order valence-electron chi connectivity index (χ1n) is 8.80. The van der Waals surface area contributed by atoms with Crippen molar-refractivity contribution in [3.63, 3.8) is 0 Å². The van der Waals surface area contributed by atoms with Crippen molar-refractivity contribution in [2.75, 3.05) is 19.0 Å². The normalized spacial score (nSPS) is 10.4. The standard InChI is InChI=1S/C20H23N3O5/c1-14(2)22(12-15-7-5-4-6-8-15)19(24)13-28-20(25)16-9-10-17(21-3)18(11-16)23(26)27/h4-11,14,21H,12-13H2,1-3H3. The van der Waals surface area contributed by atoms with Gasteiger partial charge in [-0.25, -0.2) is 4.79 Å². The molecule has 1 N–H and O–H groups in total. The monoisotopic (exact) mass is 385 g/mol. The Morgan fingerprint density at radius 3 is 2.43 bits per heavy atom. The third-order valence-electron chi connectivity index (χ3n) is 4.17. The van der Waals surface area contributed by atoms with E-state index in [9.17, 15) is 19.7 Å². The van der Waals surface area contributed by atoms with E-state index in [-0.39, 0.29) is 28.9 Å². The summed E-state index contributed by atoms with van der Waals surface area (Å²) in [5, 5.41) is 13.8. The van der Waals surface area contributed by atoms with Gasteiger partial charge in [-0.3, -0.25) is 14.9 Å². The molecule has 0 unspecified atom stereocenters. The lowest BCUT2D eigenvalue weighted by molar-refractivity contribution is -0.384. The number of nitrogens with zero attached hydrogens (tertiary/aromatic N) is 2. The molecular weight excluding hydrogens is 362 g/mol. The van der Waals surface area contributed by atoms with Crippen LogP contribution in [0, 0.1) is 10.1 Å². The number of carbonyl (C=O) groups is 2.